The van der Waals surface area contributed by atoms with Gasteiger partial charge in [-0.05, 0) is 11.2 Å². The molecule has 0 N–H and O–H groups in total. The highest BCUT2D eigenvalue weighted by Crippen LogP contribution is 2.11. The highest BCUT2D eigenvalue weighted by molar-refractivity contribution is 5.55. The lowest BCUT2D eigenvalue weighted by Crippen LogP contribution is -2.31. The van der Waals surface area contributed by atoms with Crippen LogP contribution in [0.3, 0.4) is 0 Å². The van der Waals surface area contributed by atoms with Gasteiger partial charge in [0.2, 0.25) is 0 Å². The largest absolute Gasteiger partial charge is 0.245 e. The Bertz CT molecular complexity index is 382. The van der Waals surface area contributed by atoms with Crippen LogP contribution in [0.4, 0.5) is 0 Å². The van der Waals surface area contributed by atoms with Crippen LogP contribution in [0.5, 0.6) is 0 Å². The van der Waals surface area contributed by atoms with Gasteiger partial charge in [0.15, 0.2) is 13.2 Å². The van der Waals surface area contributed by atoms with Gasteiger partial charge in [-0.2, -0.15) is 0 Å². The van der Waals surface area contributed by atoms with Crippen LogP contribution in [0, 0.1) is 0 Å². The first-order valence-electron chi connectivity index (χ1n) is 3.94. The van der Waals surface area contributed by atoms with Crippen LogP contribution in [-0.2, 0) is 7.05 Å². The fourth-order valence-corrected chi connectivity index (χ4v) is 1.04. The number of aromatic nitrogens is 4. The van der Waals surface area contributed by atoms with Gasteiger partial charge >= 0.3 is 0 Å². The van der Waals surface area contributed by atoms with Crippen LogP contribution < -0.4 is 4.68 Å². The van der Waals surface area contributed by atoms with E-state index in [4.69, 9.17) is 0 Å². The molecule has 0 atom stereocenters. The highest BCUT2D eigenvalue weighted by atomic mass is 15.2. The first kappa shape index (κ1) is 7.79. The summed E-state index contributed by atoms with van der Waals surface area (Å²) in [5.74, 6) is 0. The maximum Gasteiger partial charge on any atom is 0.196 e. The summed E-state index contributed by atoms with van der Waals surface area (Å²) in [6.45, 7) is 0. The number of hydrogen-bond acceptors (Lipinski definition) is 3. The van der Waals surface area contributed by atoms with Gasteiger partial charge in [0, 0.05) is 17.8 Å². The topological polar surface area (TPSA) is 42.5 Å². The molecule has 0 aliphatic heterocycles. The molecular formula is C9H9N4+. The van der Waals surface area contributed by atoms with Gasteiger partial charge in [-0.25, -0.2) is 9.97 Å². The molecule has 0 saturated heterocycles. The summed E-state index contributed by atoms with van der Waals surface area (Å²) in [5.41, 5.74) is 1.89. The van der Waals surface area contributed by atoms with Gasteiger partial charge in [-0.15, -0.1) is 0 Å². The Morgan fingerprint density at radius 1 is 1.31 bits per heavy atom. The molecule has 0 fully saturated rings. The molecule has 0 radical (unpaired) electrons. The molecule has 64 valence electrons. The average molecular weight is 173 g/mol. The molecule has 0 aliphatic rings. The van der Waals surface area contributed by atoms with Gasteiger partial charge in [0.05, 0.1) is 5.69 Å². The smallest absolute Gasteiger partial charge is 0.196 e. The van der Waals surface area contributed by atoms with Crippen molar-refractivity contribution >= 4 is 0 Å². The molecule has 13 heavy (non-hydrogen) atoms. The molecule has 2 aromatic rings. The van der Waals surface area contributed by atoms with Gasteiger partial charge in [0.1, 0.15) is 12.5 Å². The molecule has 4 heteroatoms. The van der Waals surface area contributed by atoms with Crippen molar-refractivity contribution in [2.45, 2.75) is 0 Å². The fraction of sp³-hybridized carbons (Fsp3) is 0.111. The predicted octanol–water partition coefficient (Wildman–Crippen LogP) is 0.363. The van der Waals surface area contributed by atoms with Gasteiger partial charge < -0.3 is 0 Å². The second-order valence-electron chi connectivity index (χ2n) is 2.68. The Morgan fingerprint density at radius 3 is 2.85 bits per heavy atom. The van der Waals surface area contributed by atoms with E-state index in [9.17, 15) is 0 Å². The molecule has 0 bridgehead atoms. The van der Waals surface area contributed by atoms with E-state index in [1.165, 1.54) is 6.33 Å². The number of hydrogen-bond donors (Lipinski definition) is 0. The Labute approximate surface area is 75.9 Å². The Kier molecular flexibility index (Phi) is 1.96. The molecule has 0 aromatic carbocycles. The summed E-state index contributed by atoms with van der Waals surface area (Å²) in [6.07, 6.45) is 6.91. The van der Waals surface area contributed by atoms with Crippen molar-refractivity contribution in [3.8, 4) is 11.3 Å². The van der Waals surface area contributed by atoms with Crippen molar-refractivity contribution in [2.75, 3.05) is 0 Å². The van der Waals surface area contributed by atoms with Crippen LogP contribution in [0.25, 0.3) is 11.3 Å². The minimum Gasteiger partial charge on any atom is -0.245 e. The number of nitrogens with zero attached hydrogens (tertiary/aromatic N) is 4. The van der Waals surface area contributed by atoms with Crippen LogP contribution in [0.1, 0.15) is 0 Å². The van der Waals surface area contributed by atoms with E-state index in [1.807, 2.05) is 25.4 Å². The average Bonchev–Trinajstić information content (AvgIpc) is 2.20. The monoisotopic (exact) mass is 173 g/mol. The third kappa shape index (κ3) is 1.66. The van der Waals surface area contributed by atoms with Crippen molar-refractivity contribution in [2.24, 2.45) is 7.05 Å². The maximum absolute atomic E-state index is 4.12. The van der Waals surface area contributed by atoms with Crippen LogP contribution in [0.2, 0.25) is 0 Å². The zero-order valence-corrected chi connectivity index (χ0v) is 7.25. The van der Waals surface area contributed by atoms with Gasteiger partial charge in [-0.1, -0.05) is 4.68 Å². The minimum absolute atomic E-state index is 0.892. The molecule has 4 nitrogen and oxygen atoms in total. The summed E-state index contributed by atoms with van der Waals surface area (Å²) in [4.78, 5) is 7.97. The fourth-order valence-electron chi connectivity index (χ4n) is 1.04. The second kappa shape index (κ2) is 3.26. The Hall–Kier alpha value is -1.84. The van der Waals surface area contributed by atoms with Crippen LogP contribution in [-0.4, -0.2) is 15.1 Å². The molecule has 2 heterocycles. The normalized spacial score (nSPS) is 9.92. The molecule has 0 spiro atoms. The zero-order chi connectivity index (χ0) is 9.10. The molecule has 2 rings (SSSR count). The molecule has 2 aromatic heterocycles. The molecule has 0 amide bonds. The Balaban J connectivity index is 2.42. The molecular weight excluding hydrogens is 164 g/mol. The van der Waals surface area contributed by atoms with Crippen molar-refractivity contribution in [3.63, 3.8) is 0 Å². The predicted molar refractivity (Wildman–Crippen MR) is 46.4 cm³/mol. The van der Waals surface area contributed by atoms with E-state index in [0.717, 1.165) is 11.3 Å². The zero-order valence-electron chi connectivity index (χ0n) is 7.25. The van der Waals surface area contributed by atoms with E-state index in [0.29, 0.717) is 0 Å². The summed E-state index contributed by atoms with van der Waals surface area (Å²) >= 11 is 0. The lowest BCUT2D eigenvalue weighted by molar-refractivity contribution is -0.730. The van der Waals surface area contributed by atoms with Gasteiger partial charge in [-0.3, -0.25) is 0 Å². The molecule has 0 aliphatic carbocycles. The highest BCUT2D eigenvalue weighted by Gasteiger charge is 2.00. The van der Waals surface area contributed by atoms with E-state index < -0.39 is 0 Å². The maximum atomic E-state index is 4.12. The van der Waals surface area contributed by atoms with Gasteiger partial charge in [0.25, 0.3) is 0 Å². The first-order valence-corrected chi connectivity index (χ1v) is 3.94. The number of rotatable bonds is 1. The van der Waals surface area contributed by atoms with E-state index >= 15 is 0 Å². The third-order valence-electron chi connectivity index (χ3n) is 1.73. The summed E-state index contributed by atoms with van der Waals surface area (Å²) < 4.78 is 1.74. The summed E-state index contributed by atoms with van der Waals surface area (Å²) in [5, 5.41) is 4.11. The lowest BCUT2D eigenvalue weighted by Gasteiger charge is -1.95. The van der Waals surface area contributed by atoms with Crippen LogP contribution in [0.15, 0.2) is 37.1 Å². The Morgan fingerprint density at radius 2 is 2.23 bits per heavy atom. The van der Waals surface area contributed by atoms with E-state index in [-0.39, 0.29) is 0 Å². The second-order valence-corrected chi connectivity index (χ2v) is 2.68. The SMILES string of the molecule is C[n+]1ccc(-c2ccncn2)cn1. The van der Waals surface area contributed by atoms with Crippen molar-refractivity contribution < 1.29 is 4.68 Å². The summed E-state index contributed by atoms with van der Waals surface area (Å²) in [6, 6.07) is 3.83. The summed E-state index contributed by atoms with van der Waals surface area (Å²) in [7, 11) is 1.88. The number of aryl methyl sites for hydroxylation is 1. The van der Waals surface area contributed by atoms with Crippen molar-refractivity contribution in [1.29, 1.82) is 0 Å². The van der Waals surface area contributed by atoms with Crippen LogP contribution >= 0.6 is 0 Å². The van der Waals surface area contributed by atoms with Crippen molar-refractivity contribution in [3.05, 3.63) is 37.1 Å². The third-order valence-corrected chi connectivity index (χ3v) is 1.73. The van der Waals surface area contributed by atoms with E-state index in [2.05, 4.69) is 15.1 Å². The minimum atomic E-state index is 0.892. The molecule has 0 unspecified atom stereocenters. The standard InChI is InChI=1S/C9H9N4/c1-13-5-3-8(6-12-13)9-2-4-10-7-11-9/h2-7H,1H3/q+1. The van der Waals surface area contributed by atoms with E-state index in [1.54, 1.807) is 17.1 Å². The molecule has 0 saturated carbocycles. The quantitative estimate of drug-likeness (QED) is 0.585. The lowest BCUT2D eigenvalue weighted by atomic mass is 10.2. The van der Waals surface area contributed by atoms with Crippen molar-refractivity contribution in [1.82, 2.24) is 15.1 Å². The first-order chi connectivity index (χ1) is 6.36.